The van der Waals surface area contributed by atoms with Crippen LogP contribution in [0.4, 0.5) is 4.79 Å². The molecule has 0 aromatic carbocycles. The summed E-state index contributed by atoms with van der Waals surface area (Å²) in [5, 5.41) is 8.23. The topological polar surface area (TPSA) is 121 Å². The zero-order chi connectivity index (χ0) is 16.6. The number of hydrogen-bond acceptors (Lipinski definition) is 4. The first-order valence-corrected chi connectivity index (χ1v) is 8.72. The van der Waals surface area contributed by atoms with Gasteiger partial charge >= 0.3 is 97.5 Å². The normalized spacial score (nSPS) is 9.70. The summed E-state index contributed by atoms with van der Waals surface area (Å²) >= 11 is 0. The van der Waals surface area contributed by atoms with E-state index in [4.69, 9.17) is 22.6 Å². The molecule has 0 heterocycles. The maximum Gasteiger partial charge on any atom is 1.00 e. The van der Waals surface area contributed by atoms with Crippen molar-refractivity contribution >= 4 is 16.6 Å². The van der Waals surface area contributed by atoms with Crippen molar-refractivity contribution < 1.29 is 116 Å². The predicted molar refractivity (Wildman–Crippen MR) is 82.2 cm³/mol. The van der Waals surface area contributed by atoms with Gasteiger partial charge in [0.05, 0.1) is 6.61 Å². The van der Waals surface area contributed by atoms with E-state index in [2.05, 4.69) is 11.7 Å². The third-order valence-electron chi connectivity index (χ3n) is 2.72. The van der Waals surface area contributed by atoms with Crippen LogP contribution in [-0.4, -0.2) is 35.4 Å². The molecule has 0 radical (unpaired) electrons. The van der Waals surface area contributed by atoms with Gasteiger partial charge in [0.15, 0.2) is 0 Å². The number of unbranched alkanes of at least 4 members (excludes halogenated alkanes) is 9. The van der Waals surface area contributed by atoms with E-state index in [9.17, 15) is 4.79 Å². The Hall–Kier alpha value is 1.78. The Morgan fingerprint density at radius 3 is 1.52 bits per heavy atom. The smallest absolute Gasteiger partial charge is 1.00 e. The Kier molecular flexibility index (Phi) is 33.5. The van der Waals surface area contributed by atoms with E-state index < -0.39 is 16.6 Å². The van der Waals surface area contributed by atoms with E-state index in [1.165, 1.54) is 51.4 Å². The van der Waals surface area contributed by atoms with Gasteiger partial charge in [-0.25, -0.2) is 4.79 Å². The van der Waals surface area contributed by atoms with Gasteiger partial charge in [0.2, 0.25) is 0 Å². The van der Waals surface area contributed by atoms with Crippen LogP contribution in [0.1, 0.15) is 74.0 Å². The molecule has 0 bridgehead atoms. The van der Waals surface area contributed by atoms with Crippen LogP contribution >= 0.6 is 0 Å². The average molecular weight is 393 g/mol. The third kappa shape index (κ3) is 51.6. The number of hydrogen-bond donors (Lipinski definition) is 3. The summed E-state index contributed by atoms with van der Waals surface area (Å²) in [5.41, 5.74) is 0. The van der Waals surface area contributed by atoms with Crippen molar-refractivity contribution in [2.45, 2.75) is 71.1 Å². The largest absolute Gasteiger partial charge is 1.00 e. The van der Waals surface area contributed by atoms with Gasteiger partial charge in [-0.1, -0.05) is 64.7 Å². The minimum Gasteiger partial charge on any atom is -1.00 e. The molecule has 0 unspecified atom stereocenters. The zero-order valence-electron chi connectivity index (χ0n) is 16.7. The fourth-order valence-electron chi connectivity index (χ4n) is 1.75. The second kappa shape index (κ2) is 23.8. The second-order valence-corrected chi connectivity index (χ2v) is 5.64. The monoisotopic (exact) mass is 392 g/mol. The SMILES string of the molecule is CCCCCCCCCCCCOC(=O)O.O=S(=O)(O)O.[H-].[H-].[K+].[Na+]. The Morgan fingerprint density at radius 2 is 1.22 bits per heavy atom. The van der Waals surface area contributed by atoms with Gasteiger partial charge in [0.1, 0.15) is 0 Å². The van der Waals surface area contributed by atoms with Crippen molar-refractivity contribution in [1.29, 1.82) is 0 Å². The molecule has 0 aromatic heterocycles. The summed E-state index contributed by atoms with van der Waals surface area (Å²) in [5.74, 6) is 0. The van der Waals surface area contributed by atoms with E-state index in [0.29, 0.717) is 6.61 Å². The van der Waals surface area contributed by atoms with Gasteiger partial charge in [0, 0.05) is 0 Å². The summed E-state index contributed by atoms with van der Waals surface area (Å²) in [6.45, 7) is 2.59. The first-order chi connectivity index (χ1) is 9.77. The molecular weight excluding hydrogens is 362 g/mol. The standard InChI is InChI=1S/C13H26O3.K.Na.H2O4S.2H/c1-2-3-4-5-6-7-8-9-10-11-12-16-13(14)15;;;1-5(2,3)4;;/h2-12H2,1H3,(H,14,15);;;(H2,1,2,3,4);;/q;2*+1;;2*-1. The Morgan fingerprint density at radius 1 is 0.913 bits per heavy atom. The number of ether oxygens (including phenoxy) is 1. The third-order valence-corrected chi connectivity index (χ3v) is 2.72. The molecule has 0 fully saturated rings. The molecule has 0 aliphatic heterocycles. The van der Waals surface area contributed by atoms with Crippen molar-refractivity contribution in [3.63, 3.8) is 0 Å². The molecule has 10 heteroatoms. The Bertz CT molecular complexity index is 341. The summed E-state index contributed by atoms with van der Waals surface area (Å²) in [6, 6.07) is 0. The first kappa shape index (κ1) is 32.4. The van der Waals surface area contributed by atoms with Gasteiger partial charge < -0.3 is 12.7 Å². The molecule has 0 aromatic rings. The van der Waals surface area contributed by atoms with Crippen LogP contribution in [0.25, 0.3) is 0 Å². The van der Waals surface area contributed by atoms with Gasteiger partial charge in [-0.05, 0) is 6.42 Å². The van der Waals surface area contributed by atoms with Crippen LogP contribution in [0.15, 0.2) is 0 Å². The average Bonchev–Trinajstić information content (AvgIpc) is 2.33. The summed E-state index contributed by atoms with van der Waals surface area (Å²) in [7, 11) is -4.67. The van der Waals surface area contributed by atoms with E-state index in [1.807, 2.05) is 0 Å². The van der Waals surface area contributed by atoms with Crippen LogP contribution in [0.3, 0.4) is 0 Å². The van der Waals surface area contributed by atoms with E-state index in [-0.39, 0.29) is 83.8 Å². The van der Waals surface area contributed by atoms with Crippen molar-refractivity contribution in [2.75, 3.05) is 6.61 Å². The molecule has 3 N–H and O–H groups in total. The minimum absolute atomic E-state index is 0. The quantitative estimate of drug-likeness (QED) is 0.164. The molecule has 0 atom stereocenters. The summed E-state index contributed by atoms with van der Waals surface area (Å²) < 4.78 is 36.0. The summed E-state index contributed by atoms with van der Waals surface area (Å²) in [4.78, 5) is 10.0. The molecule has 0 amide bonds. The van der Waals surface area contributed by atoms with Crippen LogP contribution in [0.2, 0.25) is 0 Å². The van der Waals surface area contributed by atoms with Crippen LogP contribution < -0.4 is 80.9 Å². The van der Waals surface area contributed by atoms with Gasteiger partial charge in [-0.15, -0.1) is 0 Å². The number of carboxylic acid groups (broad SMARTS) is 1. The van der Waals surface area contributed by atoms with Crippen LogP contribution in [-0.2, 0) is 15.1 Å². The van der Waals surface area contributed by atoms with Crippen molar-refractivity contribution in [3.05, 3.63) is 0 Å². The molecule has 7 nitrogen and oxygen atoms in total. The van der Waals surface area contributed by atoms with E-state index >= 15 is 0 Å². The van der Waals surface area contributed by atoms with Crippen LogP contribution in [0.5, 0.6) is 0 Å². The Balaban J connectivity index is -0.0000000887. The van der Waals surface area contributed by atoms with Crippen molar-refractivity contribution in [2.24, 2.45) is 0 Å². The minimum atomic E-state index is -4.67. The first-order valence-electron chi connectivity index (χ1n) is 7.33. The molecule has 0 aliphatic carbocycles. The molecule has 0 spiro atoms. The fraction of sp³-hybridized carbons (Fsp3) is 0.923. The molecule has 0 rings (SSSR count). The summed E-state index contributed by atoms with van der Waals surface area (Å²) in [6.07, 6.45) is 11.4. The molecule has 132 valence electrons. The molecule has 0 saturated carbocycles. The second-order valence-electron chi connectivity index (χ2n) is 4.74. The molecular formula is C13H30KNaO7S. The van der Waals surface area contributed by atoms with E-state index in [1.54, 1.807) is 0 Å². The van der Waals surface area contributed by atoms with E-state index in [0.717, 1.165) is 12.8 Å². The van der Waals surface area contributed by atoms with Crippen molar-refractivity contribution in [1.82, 2.24) is 0 Å². The van der Waals surface area contributed by atoms with Crippen molar-refractivity contribution in [3.8, 4) is 0 Å². The molecule has 23 heavy (non-hydrogen) atoms. The fourth-order valence-corrected chi connectivity index (χ4v) is 1.75. The van der Waals surface area contributed by atoms with Gasteiger partial charge in [-0.3, -0.25) is 9.11 Å². The van der Waals surface area contributed by atoms with Gasteiger partial charge in [-0.2, -0.15) is 8.42 Å². The number of carbonyl (C=O) groups is 1. The maximum absolute atomic E-state index is 10.0. The zero-order valence-corrected chi connectivity index (χ0v) is 20.6. The van der Waals surface area contributed by atoms with Gasteiger partial charge in [0.25, 0.3) is 0 Å². The molecule has 0 aliphatic rings. The maximum atomic E-state index is 10.0. The molecule has 0 saturated heterocycles. The van der Waals surface area contributed by atoms with Crippen LogP contribution in [0, 0.1) is 0 Å². The Labute approximate surface area is 207 Å². The number of rotatable bonds is 11. The predicted octanol–water partition coefficient (Wildman–Crippen LogP) is -1.82.